The van der Waals surface area contributed by atoms with Gasteiger partial charge in [-0.2, -0.15) is 13.2 Å². The summed E-state index contributed by atoms with van der Waals surface area (Å²) >= 11 is 0. The number of hydrogen-bond acceptors (Lipinski definition) is 3. The van der Waals surface area contributed by atoms with Gasteiger partial charge in [-0.3, -0.25) is 4.98 Å². The number of pyridine rings is 1. The van der Waals surface area contributed by atoms with Gasteiger partial charge >= 0.3 is 12.1 Å². The van der Waals surface area contributed by atoms with E-state index in [9.17, 15) is 23.1 Å². The molecule has 7 heteroatoms. The second-order valence-electron chi connectivity index (χ2n) is 4.81. The SMILES string of the molecule is Cc1ccc(-c2cc(C(=O)O)cc([C@H](O)C(F)(F)F)c2)nc1. The number of aromatic nitrogens is 1. The van der Waals surface area contributed by atoms with Gasteiger partial charge in [0.25, 0.3) is 0 Å². The van der Waals surface area contributed by atoms with E-state index >= 15 is 0 Å². The first-order valence-electron chi connectivity index (χ1n) is 6.24. The molecular weight excluding hydrogens is 299 g/mol. The van der Waals surface area contributed by atoms with E-state index in [0.29, 0.717) is 5.69 Å². The lowest BCUT2D eigenvalue weighted by Gasteiger charge is -2.16. The van der Waals surface area contributed by atoms with Crippen LogP contribution in [0.2, 0.25) is 0 Å². The smallest absolute Gasteiger partial charge is 0.418 e. The van der Waals surface area contributed by atoms with Crippen LogP contribution >= 0.6 is 0 Å². The molecule has 2 N–H and O–H groups in total. The van der Waals surface area contributed by atoms with Crippen LogP contribution < -0.4 is 0 Å². The minimum atomic E-state index is -4.88. The summed E-state index contributed by atoms with van der Waals surface area (Å²) in [6.07, 6.45) is -6.12. The van der Waals surface area contributed by atoms with Crippen molar-refractivity contribution in [3.63, 3.8) is 0 Å². The highest BCUT2D eigenvalue weighted by Gasteiger charge is 2.39. The molecule has 4 nitrogen and oxygen atoms in total. The second kappa shape index (κ2) is 5.76. The number of aromatic carboxylic acids is 1. The molecule has 0 radical (unpaired) electrons. The van der Waals surface area contributed by atoms with E-state index < -0.39 is 23.8 Å². The zero-order valence-electron chi connectivity index (χ0n) is 11.4. The molecule has 0 aliphatic rings. The number of aryl methyl sites for hydroxylation is 1. The van der Waals surface area contributed by atoms with E-state index in [2.05, 4.69) is 4.98 Å². The normalized spacial score (nSPS) is 13.0. The minimum absolute atomic E-state index is 0.193. The van der Waals surface area contributed by atoms with Crippen LogP contribution in [0.25, 0.3) is 11.3 Å². The Balaban J connectivity index is 2.57. The summed E-state index contributed by atoms with van der Waals surface area (Å²) in [5, 5.41) is 18.4. The molecule has 0 unspecified atom stereocenters. The van der Waals surface area contributed by atoms with Gasteiger partial charge in [0.1, 0.15) is 0 Å². The Morgan fingerprint density at radius 1 is 1.23 bits per heavy atom. The van der Waals surface area contributed by atoms with Crippen LogP contribution in [0.5, 0.6) is 0 Å². The van der Waals surface area contributed by atoms with Gasteiger partial charge in [-0.15, -0.1) is 0 Å². The third-order valence-corrected chi connectivity index (χ3v) is 3.04. The molecule has 1 aromatic carbocycles. The molecule has 0 saturated heterocycles. The molecule has 0 bridgehead atoms. The summed E-state index contributed by atoms with van der Waals surface area (Å²) in [7, 11) is 0. The van der Waals surface area contributed by atoms with E-state index in [0.717, 1.165) is 17.7 Å². The summed E-state index contributed by atoms with van der Waals surface area (Å²) in [5.74, 6) is -1.38. The van der Waals surface area contributed by atoms with Gasteiger partial charge < -0.3 is 10.2 Å². The molecule has 2 rings (SSSR count). The van der Waals surface area contributed by atoms with E-state index in [1.807, 2.05) is 0 Å². The van der Waals surface area contributed by atoms with Crippen LogP contribution in [-0.4, -0.2) is 27.3 Å². The summed E-state index contributed by atoms with van der Waals surface area (Å²) in [6, 6.07) is 6.38. The maximum absolute atomic E-state index is 12.6. The van der Waals surface area contributed by atoms with Crippen molar-refractivity contribution >= 4 is 5.97 Å². The number of aliphatic hydroxyl groups excluding tert-OH is 1. The zero-order valence-corrected chi connectivity index (χ0v) is 11.4. The molecular formula is C15H12F3NO3. The molecule has 1 heterocycles. The molecule has 1 atom stereocenters. The molecule has 2 aromatic rings. The first kappa shape index (κ1) is 16.0. The van der Waals surface area contributed by atoms with Gasteiger partial charge in [-0.25, -0.2) is 4.79 Å². The van der Waals surface area contributed by atoms with Crippen LogP contribution in [0.15, 0.2) is 36.5 Å². The van der Waals surface area contributed by atoms with Crippen LogP contribution in [0, 0.1) is 6.92 Å². The third kappa shape index (κ3) is 3.43. The zero-order chi connectivity index (χ0) is 16.5. The van der Waals surface area contributed by atoms with Crippen LogP contribution in [0.3, 0.4) is 0 Å². The summed E-state index contributed by atoms with van der Waals surface area (Å²) in [4.78, 5) is 15.1. The van der Waals surface area contributed by atoms with E-state index in [1.54, 1.807) is 19.1 Å². The van der Waals surface area contributed by atoms with Gasteiger partial charge in [0.05, 0.1) is 11.3 Å². The maximum Gasteiger partial charge on any atom is 0.418 e. The molecule has 1 aromatic heterocycles. The quantitative estimate of drug-likeness (QED) is 0.912. The summed E-state index contributed by atoms with van der Waals surface area (Å²) in [5.41, 5.74) is 0.485. The highest BCUT2D eigenvalue weighted by molar-refractivity contribution is 5.89. The van der Waals surface area contributed by atoms with Crippen molar-refractivity contribution in [2.45, 2.75) is 19.2 Å². The molecule has 0 saturated carbocycles. The highest BCUT2D eigenvalue weighted by Crippen LogP contribution is 2.34. The van der Waals surface area contributed by atoms with Crippen molar-refractivity contribution in [1.82, 2.24) is 4.98 Å². The van der Waals surface area contributed by atoms with Crippen molar-refractivity contribution in [2.75, 3.05) is 0 Å². The van der Waals surface area contributed by atoms with Gasteiger partial charge in [0, 0.05) is 11.8 Å². The molecule has 116 valence electrons. The number of halogens is 3. The third-order valence-electron chi connectivity index (χ3n) is 3.04. The average molecular weight is 311 g/mol. The fourth-order valence-corrected chi connectivity index (χ4v) is 1.91. The number of carbonyl (C=O) groups is 1. The van der Waals surface area contributed by atoms with Crippen molar-refractivity contribution in [2.24, 2.45) is 0 Å². The number of carboxylic acid groups (broad SMARTS) is 1. The Labute approximate surface area is 123 Å². The van der Waals surface area contributed by atoms with Crippen molar-refractivity contribution in [3.05, 3.63) is 53.2 Å². The average Bonchev–Trinajstić information content (AvgIpc) is 2.45. The predicted molar refractivity (Wildman–Crippen MR) is 72.4 cm³/mol. The van der Waals surface area contributed by atoms with E-state index in [-0.39, 0.29) is 11.1 Å². The Hall–Kier alpha value is -2.41. The van der Waals surface area contributed by atoms with E-state index in [4.69, 9.17) is 5.11 Å². The molecule has 0 aliphatic carbocycles. The number of alkyl halides is 3. The van der Waals surface area contributed by atoms with Gasteiger partial charge in [-0.05, 0) is 42.3 Å². The first-order chi connectivity index (χ1) is 10.2. The Morgan fingerprint density at radius 3 is 2.41 bits per heavy atom. The highest BCUT2D eigenvalue weighted by atomic mass is 19.4. The maximum atomic E-state index is 12.6. The minimum Gasteiger partial charge on any atom is -0.478 e. The summed E-state index contributed by atoms with van der Waals surface area (Å²) < 4.78 is 37.9. The molecule has 22 heavy (non-hydrogen) atoms. The Bertz CT molecular complexity index is 696. The topological polar surface area (TPSA) is 70.4 Å². The lowest BCUT2D eigenvalue weighted by atomic mass is 9.99. The standard InChI is InChI=1S/C15H12F3NO3/c1-8-2-3-12(19-7-8)9-4-10(13(20)15(16,17)18)6-11(5-9)14(21)22/h2-7,13,20H,1H3,(H,21,22)/t13-/m0/s1. The Kier molecular flexibility index (Phi) is 4.18. The number of carboxylic acids is 1. The fourth-order valence-electron chi connectivity index (χ4n) is 1.91. The lowest BCUT2D eigenvalue weighted by Crippen LogP contribution is -2.20. The van der Waals surface area contributed by atoms with Gasteiger partial charge in [-0.1, -0.05) is 6.07 Å². The van der Waals surface area contributed by atoms with Crippen molar-refractivity contribution in [3.8, 4) is 11.3 Å². The second-order valence-corrected chi connectivity index (χ2v) is 4.81. The van der Waals surface area contributed by atoms with Gasteiger partial charge in [0.2, 0.25) is 0 Å². The fraction of sp³-hybridized carbons (Fsp3) is 0.200. The monoisotopic (exact) mass is 311 g/mol. The number of aliphatic hydroxyl groups is 1. The number of hydrogen-bond donors (Lipinski definition) is 2. The molecule has 0 fully saturated rings. The van der Waals surface area contributed by atoms with Crippen molar-refractivity contribution in [1.29, 1.82) is 0 Å². The van der Waals surface area contributed by atoms with Crippen LogP contribution in [-0.2, 0) is 0 Å². The summed E-state index contributed by atoms with van der Waals surface area (Å²) in [6.45, 7) is 1.79. The van der Waals surface area contributed by atoms with Gasteiger partial charge in [0.15, 0.2) is 6.10 Å². The predicted octanol–water partition coefficient (Wildman–Crippen LogP) is 3.35. The Morgan fingerprint density at radius 2 is 1.91 bits per heavy atom. The first-order valence-corrected chi connectivity index (χ1v) is 6.24. The molecule has 0 spiro atoms. The van der Waals surface area contributed by atoms with Crippen LogP contribution in [0.4, 0.5) is 13.2 Å². The largest absolute Gasteiger partial charge is 0.478 e. The lowest BCUT2D eigenvalue weighted by molar-refractivity contribution is -0.206. The van der Waals surface area contributed by atoms with Crippen LogP contribution in [0.1, 0.15) is 27.6 Å². The van der Waals surface area contributed by atoms with E-state index in [1.165, 1.54) is 12.3 Å². The molecule has 0 aliphatic heterocycles. The van der Waals surface area contributed by atoms with Crippen molar-refractivity contribution < 1.29 is 28.2 Å². The molecule has 0 amide bonds. The number of nitrogens with zero attached hydrogens (tertiary/aromatic N) is 1. The number of benzene rings is 1. The number of rotatable bonds is 3.